The largest absolute Gasteiger partial charge is 0.481 e. The Morgan fingerprint density at radius 1 is 1.10 bits per heavy atom. The summed E-state index contributed by atoms with van der Waals surface area (Å²) in [5.41, 5.74) is 1.44. The first kappa shape index (κ1) is 17.2. The van der Waals surface area contributed by atoms with Gasteiger partial charge in [0.2, 0.25) is 5.91 Å². The van der Waals surface area contributed by atoms with Gasteiger partial charge in [0.1, 0.15) is 0 Å². The SMILES string of the molecule is CCC(CC)C(C)C(=O)Nc1ccc(C(C)C(=O)O)cc1. The smallest absolute Gasteiger partial charge is 0.310 e. The molecular weight excluding hydrogens is 266 g/mol. The Morgan fingerprint density at radius 2 is 1.62 bits per heavy atom. The molecule has 1 aromatic carbocycles. The second kappa shape index (κ2) is 7.81. The molecule has 0 saturated heterocycles. The number of carboxylic acid groups (broad SMARTS) is 1. The highest BCUT2D eigenvalue weighted by Gasteiger charge is 2.21. The normalized spacial score (nSPS) is 13.8. The van der Waals surface area contributed by atoms with Gasteiger partial charge in [0, 0.05) is 11.6 Å². The minimum Gasteiger partial charge on any atom is -0.481 e. The predicted molar refractivity (Wildman–Crippen MR) is 84.4 cm³/mol. The monoisotopic (exact) mass is 291 g/mol. The molecule has 0 aliphatic carbocycles. The third-order valence-electron chi connectivity index (χ3n) is 4.22. The maximum Gasteiger partial charge on any atom is 0.310 e. The van der Waals surface area contributed by atoms with Crippen LogP contribution in [0.2, 0.25) is 0 Å². The van der Waals surface area contributed by atoms with Gasteiger partial charge >= 0.3 is 5.97 Å². The lowest BCUT2D eigenvalue weighted by atomic mass is 9.88. The number of aliphatic carboxylic acids is 1. The molecule has 2 N–H and O–H groups in total. The minimum absolute atomic E-state index is 0.0164. The number of rotatable bonds is 7. The molecule has 0 heterocycles. The number of nitrogens with one attached hydrogen (secondary N) is 1. The Kier molecular flexibility index (Phi) is 6.40. The molecular formula is C17H25NO3. The number of carbonyl (C=O) groups excluding carboxylic acids is 1. The maximum atomic E-state index is 12.2. The average Bonchev–Trinajstić information content (AvgIpc) is 2.48. The summed E-state index contributed by atoms with van der Waals surface area (Å²) in [6.45, 7) is 7.79. The van der Waals surface area contributed by atoms with Crippen molar-refractivity contribution in [3.63, 3.8) is 0 Å². The molecule has 0 bridgehead atoms. The zero-order chi connectivity index (χ0) is 16.0. The van der Waals surface area contributed by atoms with Crippen LogP contribution in [0.4, 0.5) is 5.69 Å². The second-order valence-corrected chi connectivity index (χ2v) is 5.54. The van der Waals surface area contributed by atoms with Crippen LogP contribution in [0.3, 0.4) is 0 Å². The molecule has 1 aromatic rings. The summed E-state index contributed by atoms with van der Waals surface area (Å²) in [6.07, 6.45) is 1.97. The summed E-state index contributed by atoms with van der Waals surface area (Å²) < 4.78 is 0. The fraction of sp³-hybridized carbons (Fsp3) is 0.529. The summed E-state index contributed by atoms with van der Waals surface area (Å²) in [5, 5.41) is 11.9. The molecule has 116 valence electrons. The fourth-order valence-electron chi connectivity index (χ4n) is 2.46. The van der Waals surface area contributed by atoms with Crippen LogP contribution >= 0.6 is 0 Å². The molecule has 2 unspecified atom stereocenters. The quantitative estimate of drug-likeness (QED) is 0.801. The van der Waals surface area contributed by atoms with Crippen molar-refractivity contribution in [1.29, 1.82) is 0 Å². The van der Waals surface area contributed by atoms with E-state index < -0.39 is 11.9 Å². The Bertz CT molecular complexity index is 477. The second-order valence-electron chi connectivity index (χ2n) is 5.54. The number of benzene rings is 1. The van der Waals surface area contributed by atoms with E-state index in [9.17, 15) is 9.59 Å². The third-order valence-corrected chi connectivity index (χ3v) is 4.22. The summed E-state index contributed by atoms with van der Waals surface area (Å²) in [7, 11) is 0. The van der Waals surface area contributed by atoms with Crippen molar-refractivity contribution in [2.45, 2.75) is 46.5 Å². The van der Waals surface area contributed by atoms with Crippen molar-refractivity contribution in [2.24, 2.45) is 11.8 Å². The van der Waals surface area contributed by atoms with Gasteiger partial charge in [-0.3, -0.25) is 9.59 Å². The van der Waals surface area contributed by atoms with E-state index in [1.807, 2.05) is 6.92 Å². The molecule has 21 heavy (non-hydrogen) atoms. The summed E-state index contributed by atoms with van der Waals surface area (Å²) >= 11 is 0. The topological polar surface area (TPSA) is 66.4 Å². The van der Waals surface area contributed by atoms with Crippen LogP contribution in [0.25, 0.3) is 0 Å². The van der Waals surface area contributed by atoms with E-state index in [4.69, 9.17) is 5.11 Å². The Morgan fingerprint density at radius 3 is 2.05 bits per heavy atom. The van der Waals surface area contributed by atoms with Gasteiger partial charge in [-0.05, 0) is 30.5 Å². The van der Waals surface area contributed by atoms with E-state index in [1.54, 1.807) is 31.2 Å². The van der Waals surface area contributed by atoms with Crippen LogP contribution in [0.15, 0.2) is 24.3 Å². The highest BCUT2D eigenvalue weighted by atomic mass is 16.4. The van der Waals surface area contributed by atoms with Gasteiger partial charge < -0.3 is 10.4 Å². The van der Waals surface area contributed by atoms with Crippen LogP contribution in [0, 0.1) is 11.8 Å². The van der Waals surface area contributed by atoms with Crippen LogP contribution < -0.4 is 5.32 Å². The fourth-order valence-corrected chi connectivity index (χ4v) is 2.46. The first-order valence-corrected chi connectivity index (χ1v) is 7.54. The number of amides is 1. The van der Waals surface area contributed by atoms with Crippen molar-refractivity contribution >= 4 is 17.6 Å². The van der Waals surface area contributed by atoms with Crippen LogP contribution in [-0.2, 0) is 9.59 Å². The summed E-state index contributed by atoms with van der Waals surface area (Å²) in [5.74, 6) is -1.02. The van der Waals surface area contributed by atoms with E-state index in [1.165, 1.54) is 0 Å². The van der Waals surface area contributed by atoms with Gasteiger partial charge in [0.15, 0.2) is 0 Å². The van der Waals surface area contributed by atoms with E-state index in [2.05, 4.69) is 19.2 Å². The Balaban J connectivity index is 2.71. The molecule has 1 rings (SSSR count). The van der Waals surface area contributed by atoms with Crippen molar-refractivity contribution in [2.75, 3.05) is 5.32 Å². The molecule has 0 fully saturated rings. The highest BCUT2D eigenvalue weighted by Crippen LogP contribution is 2.22. The molecule has 0 aliphatic heterocycles. The molecule has 0 aliphatic rings. The first-order valence-electron chi connectivity index (χ1n) is 7.54. The van der Waals surface area contributed by atoms with Gasteiger partial charge in [0.25, 0.3) is 0 Å². The molecule has 0 saturated carbocycles. The van der Waals surface area contributed by atoms with Gasteiger partial charge in [-0.1, -0.05) is 45.7 Å². The molecule has 0 aromatic heterocycles. The summed E-state index contributed by atoms with van der Waals surface area (Å²) in [4.78, 5) is 23.1. The van der Waals surface area contributed by atoms with E-state index >= 15 is 0 Å². The highest BCUT2D eigenvalue weighted by molar-refractivity contribution is 5.92. The van der Waals surface area contributed by atoms with Crippen molar-refractivity contribution in [1.82, 2.24) is 0 Å². The standard InChI is InChI=1S/C17H25NO3/c1-5-13(6-2)11(3)16(19)18-15-9-7-14(8-10-15)12(4)17(20)21/h7-13H,5-6H2,1-4H3,(H,18,19)(H,20,21). The number of anilines is 1. The first-order chi connectivity index (χ1) is 9.90. The van der Waals surface area contributed by atoms with Crippen molar-refractivity contribution in [3.8, 4) is 0 Å². The minimum atomic E-state index is -0.853. The third kappa shape index (κ3) is 4.59. The lowest BCUT2D eigenvalue weighted by Gasteiger charge is -2.20. The number of hydrogen-bond acceptors (Lipinski definition) is 2. The number of carbonyl (C=O) groups is 2. The molecule has 4 nitrogen and oxygen atoms in total. The van der Waals surface area contributed by atoms with Crippen LogP contribution in [0.1, 0.15) is 52.0 Å². The molecule has 4 heteroatoms. The zero-order valence-corrected chi connectivity index (χ0v) is 13.2. The molecule has 0 radical (unpaired) electrons. The van der Waals surface area contributed by atoms with Gasteiger partial charge in [-0.15, -0.1) is 0 Å². The summed E-state index contributed by atoms with van der Waals surface area (Å²) in [6, 6.07) is 7.00. The number of hydrogen-bond donors (Lipinski definition) is 2. The van der Waals surface area contributed by atoms with Gasteiger partial charge in [-0.25, -0.2) is 0 Å². The van der Waals surface area contributed by atoms with Crippen LogP contribution in [0.5, 0.6) is 0 Å². The van der Waals surface area contributed by atoms with Crippen LogP contribution in [-0.4, -0.2) is 17.0 Å². The van der Waals surface area contributed by atoms with Crippen molar-refractivity contribution in [3.05, 3.63) is 29.8 Å². The zero-order valence-electron chi connectivity index (χ0n) is 13.2. The van der Waals surface area contributed by atoms with E-state index in [0.29, 0.717) is 11.6 Å². The van der Waals surface area contributed by atoms with E-state index in [-0.39, 0.29) is 11.8 Å². The number of carboxylic acids is 1. The molecule has 1 amide bonds. The van der Waals surface area contributed by atoms with Gasteiger partial charge in [-0.2, -0.15) is 0 Å². The van der Waals surface area contributed by atoms with Gasteiger partial charge in [0.05, 0.1) is 5.92 Å². The van der Waals surface area contributed by atoms with E-state index in [0.717, 1.165) is 18.4 Å². The molecule has 2 atom stereocenters. The van der Waals surface area contributed by atoms with Crippen molar-refractivity contribution < 1.29 is 14.7 Å². The Labute approximate surface area is 126 Å². The average molecular weight is 291 g/mol. The lowest BCUT2D eigenvalue weighted by molar-refractivity contribution is -0.138. The Hall–Kier alpha value is -1.84. The molecule has 0 spiro atoms. The lowest BCUT2D eigenvalue weighted by Crippen LogP contribution is -2.26. The predicted octanol–water partition coefficient (Wildman–Crippen LogP) is 3.89. The maximum absolute atomic E-state index is 12.2.